The van der Waals surface area contributed by atoms with E-state index in [1.165, 1.54) is 17.5 Å². The Hall–Kier alpha value is -2.10. The fraction of sp³-hybridized carbons (Fsp3) is 0.0909. The second-order valence-corrected chi connectivity index (χ2v) is 4.03. The summed E-state index contributed by atoms with van der Waals surface area (Å²) in [4.78, 5) is 12.5. The number of hydrogen-bond acceptors (Lipinski definition) is 4. The lowest BCUT2D eigenvalue weighted by atomic mass is 10.2. The maximum Gasteiger partial charge on any atom is 0.267 e. The normalized spacial score (nSPS) is 9.47. The number of aromatic amines is 1. The molecule has 0 aliphatic heterocycles. The van der Waals surface area contributed by atoms with Crippen molar-refractivity contribution in [3.8, 4) is 11.8 Å². The molecule has 6 heteroatoms. The van der Waals surface area contributed by atoms with Crippen LogP contribution in [0.2, 0.25) is 0 Å². The maximum absolute atomic E-state index is 11.9. The summed E-state index contributed by atoms with van der Waals surface area (Å²) in [6, 6.07) is 1.80. The van der Waals surface area contributed by atoms with E-state index in [2.05, 4.69) is 27.4 Å². The van der Waals surface area contributed by atoms with E-state index in [4.69, 9.17) is 5.73 Å². The number of carbonyl (C=O) groups excluding carboxylic acids is 1. The zero-order chi connectivity index (χ0) is 12.1. The molecule has 2 rings (SSSR count). The predicted molar refractivity (Wildman–Crippen MR) is 66.8 cm³/mol. The van der Waals surface area contributed by atoms with Gasteiger partial charge >= 0.3 is 0 Å². The Morgan fingerprint density at radius 3 is 3.24 bits per heavy atom. The third-order valence-corrected chi connectivity index (χ3v) is 2.87. The number of nitrogens with two attached hydrogens (primary N) is 1. The Balaban J connectivity index is 2.17. The zero-order valence-electron chi connectivity index (χ0n) is 8.86. The molecule has 0 fully saturated rings. The van der Waals surface area contributed by atoms with Gasteiger partial charge in [-0.3, -0.25) is 9.89 Å². The quantitative estimate of drug-likeness (QED) is 0.692. The topological polar surface area (TPSA) is 83.8 Å². The number of H-pyrrole nitrogens is 1. The molecule has 2 aromatic rings. The summed E-state index contributed by atoms with van der Waals surface area (Å²) in [5.74, 6) is 5.40. The largest absolute Gasteiger partial charge is 0.320 e. The molecule has 5 nitrogen and oxygen atoms in total. The highest BCUT2D eigenvalue weighted by molar-refractivity contribution is 7.12. The van der Waals surface area contributed by atoms with E-state index >= 15 is 0 Å². The Kier molecular flexibility index (Phi) is 3.55. The van der Waals surface area contributed by atoms with Gasteiger partial charge in [-0.1, -0.05) is 11.8 Å². The molecule has 0 aliphatic carbocycles. The number of thiophene rings is 1. The number of hydrogen-bond donors (Lipinski definition) is 3. The highest BCUT2D eigenvalue weighted by Gasteiger charge is 2.12. The first kappa shape index (κ1) is 11.4. The molecule has 0 spiro atoms. The van der Waals surface area contributed by atoms with E-state index in [1.54, 1.807) is 12.3 Å². The van der Waals surface area contributed by atoms with E-state index in [-0.39, 0.29) is 12.5 Å². The Bertz CT molecular complexity index is 562. The highest BCUT2D eigenvalue weighted by Crippen LogP contribution is 2.17. The molecule has 4 N–H and O–H groups in total. The van der Waals surface area contributed by atoms with Gasteiger partial charge in [-0.25, -0.2) is 0 Å². The first-order chi connectivity index (χ1) is 8.31. The summed E-state index contributed by atoms with van der Waals surface area (Å²) in [5.41, 5.74) is 6.62. The second-order valence-electron chi connectivity index (χ2n) is 3.11. The van der Waals surface area contributed by atoms with Crippen LogP contribution in [-0.4, -0.2) is 22.6 Å². The third kappa shape index (κ3) is 2.72. The Morgan fingerprint density at radius 1 is 1.65 bits per heavy atom. The van der Waals surface area contributed by atoms with Crippen LogP contribution in [0.25, 0.3) is 0 Å². The van der Waals surface area contributed by atoms with Crippen molar-refractivity contribution < 1.29 is 4.79 Å². The Morgan fingerprint density at radius 2 is 2.53 bits per heavy atom. The summed E-state index contributed by atoms with van der Waals surface area (Å²) in [5, 5.41) is 10.9. The van der Waals surface area contributed by atoms with Gasteiger partial charge in [0.2, 0.25) is 0 Å². The molecule has 2 aromatic heterocycles. The van der Waals surface area contributed by atoms with E-state index < -0.39 is 0 Å². The van der Waals surface area contributed by atoms with Gasteiger partial charge in [0, 0.05) is 11.8 Å². The smallest absolute Gasteiger partial charge is 0.267 e. The van der Waals surface area contributed by atoms with Crippen LogP contribution in [0.15, 0.2) is 23.8 Å². The molecule has 17 heavy (non-hydrogen) atoms. The highest BCUT2D eigenvalue weighted by atomic mass is 32.1. The van der Waals surface area contributed by atoms with Gasteiger partial charge in [-0.2, -0.15) is 5.10 Å². The summed E-state index contributed by atoms with van der Waals surface area (Å²) < 4.78 is 0. The van der Waals surface area contributed by atoms with Crippen LogP contribution in [0.4, 0.5) is 5.69 Å². The van der Waals surface area contributed by atoms with Crippen molar-refractivity contribution in [1.82, 2.24) is 10.2 Å². The van der Waals surface area contributed by atoms with Crippen LogP contribution in [0.1, 0.15) is 15.2 Å². The average Bonchev–Trinajstić information content (AvgIpc) is 2.96. The van der Waals surface area contributed by atoms with E-state index in [0.717, 1.165) is 0 Å². The maximum atomic E-state index is 11.9. The average molecular weight is 246 g/mol. The number of carbonyl (C=O) groups is 1. The fourth-order valence-electron chi connectivity index (χ4n) is 1.24. The number of amides is 1. The minimum atomic E-state index is -0.192. The third-order valence-electron chi connectivity index (χ3n) is 1.95. The first-order valence-corrected chi connectivity index (χ1v) is 5.76. The minimum absolute atomic E-state index is 0.192. The van der Waals surface area contributed by atoms with Crippen LogP contribution in [0.3, 0.4) is 0 Å². The molecule has 2 heterocycles. The van der Waals surface area contributed by atoms with Gasteiger partial charge in [0.25, 0.3) is 5.91 Å². The molecule has 0 aliphatic rings. The summed E-state index contributed by atoms with van der Waals surface area (Å²) in [7, 11) is 0. The Labute approximate surface area is 102 Å². The number of nitrogens with zero attached hydrogens (tertiary/aromatic N) is 1. The van der Waals surface area contributed by atoms with E-state index in [9.17, 15) is 4.79 Å². The summed E-state index contributed by atoms with van der Waals surface area (Å²) in [6.45, 7) is 0.276. The molecule has 0 aromatic carbocycles. The fourth-order valence-corrected chi connectivity index (χ4v) is 1.98. The van der Waals surface area contributed by atoms with Gasteiger partial charge in [0.05, 0.1) is 18.4 Å². The number of rotatable bonds is 2. The van der Waals surface area contributed by atoms with Crippen LogP contribution < -0.4 is 11.1 Å². The van der Waals surface area contributed by atoms with Gasteiger partial charge in [0.15, 0.2) is 0 Å². The first-order valence-electron chi connectivity index (χ1n) is 4.88. The lowest BCUT2D eigenvalue weighted by molar-refractivity contribution is 0.103. The monoisotopic (exact) mass is 246 g/mol. The van der Waals surface area contributed by atoms with Crippen LogP contribution in [0.5, 0.6) is 0 Å². The number of aromatic nitrogens is 2. The molecule has 0 bridgehead atoms. The van der Waals surface area contributed by atoms with Crippen molar-refractivity contribution in [2.45, 2.75) is 0 Å². The molecule has 86 valence electrons. The van der Waals surface area contributed by atoms with E-state index in [0.29, 0.717) is 16.1 Å². The zero-order valence-corrected chi connectivity index (χ0v) is 9.67. The van der Waals surface area contributed by atoms with Crippen LogP contribution >= 0.6 is 11.3 Å². The summed E-state index contributed by atoms with van der Waals surface area (Å²) in [6.07, 6.45) is 3.15. The predicted octanol–water partition coefficient (Wildman–Crippen LogP) is 1.03. The van der Waals surface area contributed by atoms with Crippen molar-refractivity contribution in [1.29, 1.82) is 0 Å². The van der Waals surface area contributed by atoms with Crippen LogP contribution in [-0.2, 0) is 0 Å². The van der Waals surface area contributed by atoms with Crippen molar-refractivity contribution in [3.63, 3.8) is 0 Å². The van der Waals surface area contributed by atoms with Crippen molar-refractivity contribution in [2.75, 3.05) is 11.9 Å². The molecule has 1 amide bonds. The number of nitrogens with one attached hydrogen (secondary N) is 2. The van der Waals surface area contributed by atoms with Gasteiger partial charge in [0.1, 0.15) is 4.88 Å². The standard InChI is InChI=1S/C11H10N4OS/c12-4-1-2-8-3-5-17-10(8)11(16)15-9-6-13-14-7-9/h3,5-7H,4,12H2,(H,13,14)(H,15,16). The molecular formula is C11H10N4OS. The van der Waals surface area contributed by atoms with Gasteiger partial charge < -0.3 is 11.1 Å². The summed E-state index contributed by atoms with van der Waals surface area (Å²) >= 11 is 1.34. The van der Waals surface area contributed by atoms with Crippen molar-refractivity contribution in [2.24, 2.45) is 5.73 Å². The van der Waals surface area contributed by atoms with Crippen LogP contribution in [0, 0.1) is 11.8 Å². The molecule has 0 saturated carbocycles. The van der Waals surface area contributed by atoms with Gasteiger partial charge in [-0.05, 0) is 11.4 Å². The molecule has 0 atom stereocenters. The minimum Gasteiger partial charge on any atom is -0.320 e. The lowest BCUT2D eigenvalue weighted by Gasteiger charge is -1.99. The van der Waals surface area contributed by atoms with Crippen molar-refractivity contribution >= 4 is 22.9 Å². The lowest BCUT2D eigenvalue weighted by Crippen LogP contribution is -2.10. The van der Waals surface area contributed by atoms with Gasteiger partial charge in [-0.15, -0.1) is 11.3 Å². The molecule has 0 unspecified atom stereocenters. The molecule has 0 radical (unpaired) electrons. The van der Waals surface area contributed by atoms with Crippen molar-refractivity contribution in [3.05, 3.63) is 34.3 Å². The number of anilines is 1. The SMILES string of the molecule is NCC#Cc1ccsc1C(=O)Nc1cn[nH]c1. The second kappa shape index (κ2) is 5.30. The molecule has 0 saturated heterocycles. The van der Waals surface area contributed by atoms with E-state index in [1.807, 2.05) is 5.38 Å². The molecular weight excluding hydrogens is 236 g/mol.